The summed E-state index contributed by atoms with van der Waals surface area (Å²) < 4.78 is 0. The normalized spacial score (nSPS) is 13.8. The van der Waals surface area contributed by atoms with Crippen molar-refractivity contribution in [1.29, 1.82) is 0 Å². The summed E-state index contributed by atoms with van der Waals surface area (Å²) in [5.41, 5.74) is 0.379. The summed E-state index contributed by atoms with van der Waals surface area (Å²) in [5, 5.41) is 14.4. The first-order chi connectivity index (χ1) is 9.56. The van der Waals surface area contributed by atoms with E-state index in [2.05, 4.69) is 10.6 Å². The lowest BCUT2D eigenvalue weighted by molar-refractivity contribution is 0.0697. The first kappa shape index (κ1) is 14.7. The van der Waals surface area contributed by atoms with Crippen molar-refractivity contribution in [2.24, 2.45) is 5.92 Å². The molecule has 1 aromatic carbocycles. The largest absolute Gasteiger partial charge is 0.478 e. The van der Waals surface area contributed by atoms with Gasteiger partial charge in [0.25, 0.3) is 0 Å². The topological polar surface area (TPSA) is 78.4 Å². The third kappa shape index (κ3) is 4.42. The fraction of sp³-hybridized carbons (Fsp3) is 0.429. The minimum absolute atomic E-state index is 0.0294. The van der Waals surface area contributed by atoms with Crippen LogP contribution < -0.4 is 10.6 Å². The maximum atomic E-state index is 11.6. The zero-order chi connectivity index (χ0) is 14.5. The van der Waals surface area contributed by atoms with Gasteiger partial charge < -0.3 is 15.7 Å². The molecule has 0 aromatic heterocycles. The van der Waals surface area contributed by atoms with E-state index < -0.39 is 5.97 Å². The van der Waals surface area contributed by atoms with Crippen molar-refractivity contribution < 1.29 is 14.7 Å². The average Bonchev–Trinajstić information content (AvgIpc) is 3.21. The van der Waals surface area contributed by atoms with Crippen LogP contribution in [-0.4, -0.2) is 23.7 Å². The molecular formula is C14H17ClN2O3. The number of hydrogen-bond acceptors (Lipinski definition) is 2. The highest BCUT2D eigenvalue weighted by atomic mass is 35.5. The summed E-state index contributed by atoms with van der Waals surface area (Å²) in [6.07, 6.45) is 4.76. The highest BCUT2D eigenvalue weighted by Gasteiger charge is 2.20. The summed E-state index contributed by atoms with van der Waals surface area (Å²) >= 11 is 5.76. The van der Waals surface area contributed by atoms with Crippen molar-refractivity contribution in [1.82, 2.24) is 5.32 Å². The molecule has 1 aliphatic rings. The molecule has 1 aromatic rings. The fourth-order valence-electron chi connectivity index (χ4n) is 1.94. The van der Waals surface area contributed by atoms with Crippen LogP contribution >= 0.6 is 11.6 Å². The van der Waals surface area contributed by atoms with Crippen LogP contribution in [0.2, 0.25) is 5.02 Å². The molecule has 0 spiro atoms. The van der Waals surface area contributed by atoms with Crippen molar-refractivity contribution in [3.63, 3.8) is 0 Å². The number of urea groups is 1. The van der Waals surface area contributed by atoms with Crippen LogP contribution in [0.15, 0.2) is 18.2 Å². The van der Waals surface area contributed by atoms with Gasteiger partial charge in [-0.25, -0.2) is 9.59 Å². The summed E-state index contributed by atoms with van der Waals surface area (Å²) in [6, 6.07) is 4.03. The van der Waals surface area contributed by atoms with Gasteiger partial charge in [0.1, 0.15) is 0 Å². The smallest absolute Gasteiger partial charge is 0.337 e. The first-order valence-corrected chi connectivity index (χ1v) is 7.02. The van der Waals surface area contributed by atoms with Crippen molar-refractivity contribution in [3.8, 4) is 0 Å². The second-order valence-corrected chi connectivity index (χ2v) is 5.37. The number of benzene rings is 1. The van der Waals surface area contributed by atoms with E-state index in [1.807, 2.05) is 0 Å². The van der Waals surface area contributed by atoms with E-state index in [-0.39, 0.29) is 16.6 Å². The Morgan fingerprint density at radius 3 is 2.75 bits per heavy atom. The molecule has 0 bridgehead atoms. The van der Waals surface area contributed by atoms with Crippen LogP contribution in [-0.2, 0) is 0 Å². The lowest BCUT2D eigenvalue weighted by atomic mass is 10.2. The molecule has 5 nitrogen and oxygen atoms in total. The molecule has 0 radical (unpaired) electrons. The molecule has 0 saturated heterocycles. The number of halogens is 1. The Hall–Kier alpha value is -1.75. The molecule has 1 saturated carbocycles. The van der Waals surface area contributed by atoms with E-state index in [1.165, 1.54) is 25.0 Å². The Balaban J connectivity index is 1.80. The minimum atomic E-state index is -1.12. The van der Waals surface area contributed by atoms with E-state index in [0.29, 0.717) is 12.2 Å². The average molecular weight is 297 g/mol. The minimum Gasteiger partial charge on any atom is -0.478 e. The maximum absolute atomic E-state index is 11.6. The van der Waals surface area contributed by atoms with Crippen LogP contribution in [0.4, 0.5) is 10.5 Å². The molecule has 108 valence electrons. The molecule has 0 atom stereocenters. The van der Waals surface area contributed by atoms with Crippen LogP contribution in [0.3, 0.4) is 0 Å². The third-order valence-corrected chi connectivity index (χ3v) is 3.56. The van der Waals surface area contributed by atoms with E-state index >= 15 is 0 Å². The van der Waals surface area contributed by atoms with E-state index in [0.717, 1.165) is 18.8 Å². The van der Waals surface area contributed by atoms with Gasteiger partial charge in [-0.05, 0) is 37.0 Å². The molecule has 2 amide bonds. The number of carboxylic acid groups (broad SMARTS) is 1. The molecular weight excluding hydrogens is 280 g/mol. The second-order valence-electron chi connectivity index (χ2n) is 4.97. The van der Waals surface area contributed by atoms with Gasteiger partial charge in [-0.2, -0.15) is 0 Å². The number of rotatable bonds is 6. The Labute approximate surface area is 122 Å². The standard InChI is InChI=1S/C14H17ClN2O3/c15-12-6-5-10(8-11(12)13(18)19)17-14(20)16-7-1-2-9-3-4-9/h5-6,8-9H,1-4,7H2,(H,18,19)(H2,16,17,20). The number of anilines is 1. The summed E-state index contributed by atoms with van der Waals surface area (Å²) in [7, 11) is 0. The molecule has 0 aliphatic heterocycles. The number of carbonyl (C=O) groups is 2. The van der Waals surface area contributed by atoms with Crippen LogP contribution in [0.5, 0.6) is 0 Å². The molecule has 0 unspecified atom stereocenters. The second kappa shape index (κ2) is 6.61. The van der Waals surface area contributed by atoms with E-state index in [1.54, 1.807) is 6.07 Å². The summed E-state index contributed by atoms with van der Waals surface area (Å²) in [6.45, 7) is 0.627. The summed E-state index contributed by atoms with van der Waals surface area (Å²) in [5.74, 6) is -0.266. The fourth-order valence-corrected chi connectivity index (χ4v) is 2.14. The lowest BCUT2D eigenvalue weighted by Crippen LogP contribution is -2.29. The molecule has 1 fully saturated rings. The number of carbonyl (C=O) groups excluding carboxylic acids is 1. The predicted molar refractivity (Wildman–Crippen MR) is 77.4 cm³/mol. The first-order valence-electron chi connectivity index (χ1n) is 6.64. The Morgan fingerprint density at radius 2 is 2.10 bits per heavy atom. The Morgan fingerprint density at radius 1 is 1.35 bits per heavy atom. The van der Waals surface area contributed by atoms with Gasteiger partial charge in [-0.3, -0.25) is 0 Å². The number of carboxylic acids is 1. The van der Waals surface area contributed by atoms with Gasteiger partial charge in [0.15, 0.2) is 0 Å². The van der Waals surface area contributed by atoms with Crippen molar-refractivity contribution in [2.45, 2.75) is 25.7 Å². The van der Waals surface area contributed by atoms with Crippen molar-refractivity contribution >= 4 is 29.3 Å². The number of nitrogens with one attached hydrogen (secondary N) is 2. The highest BCUT2D eigenvalue weighted by Crippen LogP contribution is 2.33. The molecule has 3 N–H and O–H groups in total. The van der Waals surface area contributed by atoms with Gasteiger partial charge in [0.2, 0.25) is 0 Å². The van der Waals surface area contributed by atoms with Gasteiger partial charge in [-0.1, -0.05) is 24.4 Å². The zero-order valence-electron chi connectivity index (χ0n) is 11.0. The molecule has 1 aliphatic carbocycles. The molecule has 6 heteroatoms. The van der Waals surface area contributed by atoms with Crippen LogP contribution in [0.25, 0.3) is 0 Å². The van der Waals surface area contributed by atoms with Gasteiger partial charge in [0, 0.05) is 12.2 Å². The number of aromatic carboxylic acids is 1. The van der Waals surface area contributed by atoms with E-state index in [4.69, 9.17) is 16.7 Å². The monoisotopic (exact) mass is 296 g/mol. The van der Waals surface area contributed by atoms with E-state index in [9.17, 15) is 9.59 Å². The van der Waals surface area contributed by atoms with Crippen molar-refractivity contribution in [3.05, 3.63) is 28.8 Å². The van der Waals surface area contributed by atoms with Crippen LogP contribution in [0, 0.1) is 5.92 Å². The summed E-state index contributed by atoms with van der Waals surface area (Å²) in [4.78, 5) is 22.6. The lowest BCUT2D eigenvalue weighted by Gasteiger charge is -2.08. The number of hydrogen-bond donors (Lipinski definition) is 3. The van der Waals surface area contributed by atoms with Gasteiger partial charge in [-0.15, -0.1) is 0 Å². The quantitative estimate of drug-likeness (QED) is 0.704. The number of amides is 2. The molecule has 2 rings (SSSR count). The van der Waals surface area contributed by atoms with Gasteiger partial charge >= 0.3 is 12.0 Å². The van der Waals surface area contributed by atoms with Gasteiger partial charge in [0.05, 0.1) is 10.6 Å². The maximum Gasteiger partial charge on any atom is 0.337 e. The van der Waals surface area contributed by atoms with Crippen molar-refractivity contribution in [2.75, 3.05) is 11.9 Å². The SMILES string of the molecule is O=C(NCCCC1CC1)Nc1ccc(Cl)c(C(=O)O)c1. The highest BCUT2D eigenvalue weighted by molar-refractivity contribution is 6.33. The Bertz CT molecular complexity index is 515. The predicted octanol–water partition coefficient (Wildman–Crippen LogP) is 3.35. The zero-order valence-corrected chi connectivity index (χ0v) is 11.7. The molecule has 20 heavy (non-hydrogen) atoms. The van der Waals surface area contributed by atoms with Crippen LogP contribution in [0.1, 0.15) is 36.0 Å². The third-order valence-electron chi connectivity index (χ3n) is 3.23. The Kier molecular flexibility index (Phi) is 4.84. The molecule has 0 heterocycles.